The molecule has 0 bridgehead atoms. The number of carbonyl (C=O) groups excluding carboxylic acids is 3. The van der Waals surface area contributed by atoms with E-state index < -0.39 is 55.6 Å². The molecule has 2 saturated carbocycles. The van der Waals surface area contributed by atoms with E-state index in [-0.39, 0.29) is 90.4 Å². The molecule has 2 aromatic rings. The zero-order valence-electron chi connectivity index (χ0n) is 28.7. The Morgan fingerprint density at radius 3 is 2.62 bits per heavy atom. The second-order valence-electron chi connectivity index (χ2n) is 15.2. The molecule has 9 rings (SSSR count). The first-order chi connectivity index (χ1) is 24.8. The van der Waals surface area contributed by atoms with Crippen LogP contribution in [-0.4, -0.2) is 92.5 Å². The number of fused-ring (bicyclic) bond motifs is 4. The summed E-state index contributed by atoms with van der Waals surface area (Å²) >= 11 is 0. The maximum absolute atomic E-state index is 13.4. The van der Waals surface area contributed by atoms with Gasteiger partial charge in [-0.05, 0) is 53.7 Å². The van der Waals surface area contributed by atoms with Gasteiger partial charge in [-0.15, -0.1) is 0 Å². The summed E-state index contributed by atoms with van der Waals surface area (Å²) in [5.74, 6) is -1.95. The van der Waals surface area contributed by atoms with Gasteiger partial charge in [0.25, 0.3) is 9.84 Å². The number of esters is 3. The first-order valence-electron chi connectivity index (χ1n) is 17.6. The molecule has 0 unspecified atom stereocenters. The molecule has 0 N–H and O–H groups in total. The number of epoxide rings is 3. The molecule has 278 valence electrons. The maximum Gasteiger partial charge on any atom is 0.414 e. The summed E-state index contributed by atoms with van der Waals surface area (Å²) in [7, 11) is -4.27. The molecule has 52 heavy (non-hydrogen) atoms. The summed E-state index contributed by atoms with van der Waals surface area (Å²) in [5, 5.41) is 14.7. The highest BCUT2D eigenvalue weighted by Gasteiger charge is 3.01. The Hall–Kier alpha value is -4.06. The van der Waals surface area contributed by atoms with Crippen molar-refractivity contribution in [3.8, 4) is 5.88 Å². The van der Waals surface area contributed by atoms with E-state index >= 15 is 0 Å². The number of aromatic nitrogens is 2. The van der Waals surface area contributed by atoms with Crippen LogP contribution in [0.5, 0.6) is 5.88 Å². The lowest BCUT2D eigenvalue weighted by Gasteiger charge is -2.53. The van der Waals surface area contributed by atoms with Crippen molar-refractivity contribution >= 4 is 27.7 Å². The fourth-order valence-electron chi connectivity index (χ4n) is 9.96. The van der Waals surface area contributed by atoms with Crippen LogP contribution in [0.2, 0.25) is 0 Å². The number of ether oxygens (including phenoxy) is 7. The van der Waals surface area contributed by atoms with Gasteiger partial charge in [0.05, 0.1) is 42.2 Å². The van der Waals surface area contributed by atoms with Crippen molar-refractivity contribution in [2.24, 2.45) is 17.3 Å². The molecule has 2 spiro atoms. The van der Waals surface area contributed by atoms with Gasteiger partial charge in [0.2, 0.25) is 0 Å². The Kier molecular flexibility index (Phi) is 7.29. The zero-order valence-corrected chi connectivity index (χ0v) is 29.5. The van der Waals surface area contributed by atoms with Gasteiger partial charge in [0.15, 0.2) is 11.7 Å². The number of rotatable bonds is 12. The van der Waals surface area contributed by atoms with Gasteiger partial charge in [-0.3, -0.25) is 14.2 Å². The largest absolute Gasteiger partial charge is 0.466 e. The van der Waals surface area contributed by atoms with E-state index in [4.69, 9.17) is 33.2 Å². The minimum atomic E-state index is -4.27. The van der Waals surface area contributed by atoms with Gasteiger partial charge in [-0.25, -0.2) is 13.2 Å². The minimum absolute atomic E-state index is 0.0124. The van der Waals surface area contributed by atoms with Gasteiger partial charge < -0.3 is 38.4 Å². The predicted octanol–water partition coefficient (Wildman–Crippen LogP) is 1.90. The standard InChI is InChI=1S/C35H38N2O14S/c1-18(2)33-26(49-33)27-35(50-27)32(3)13-12-20-21(17-46-30(20)40)22(32)16-23-34(35,48-23)31(33)47-25(39)11-10-24(38)44-14-7-15-45-28-29(37(41)51-36-28)52(42,43)19-8-5-4-6-9-19/h4-6,8-9,18,22-23,26-27,31H,7,10-17H2,1-3H3/t22-,23-,26-,27-,31+,32-,33-,34+,35+/m0/s1. The lowest BCUT2D eigenvalue weighted by molar-refractivity contribution is -0.832. The zero-order chi connectivity index (χ0) is 36.4. The summed E-state index contributed by atoms with van der Waals surface area (Å²) in [6.07, 6.45) is 0.132. The summed E-state index contributed by atoms with van der Waals surface area (Å²) in [6.45, 7) is 6.30. The van der Waals surface area contributed by atoms with Crippen molar-refractivity contribution in [1.29, 1.82) is 0 Å². The second-order valence-corrected chi connectivity index (χ2v) is 17.0. The molecule has 7 aliphatic rings. The topological polar surface area (TPSA) is 213 Å². The molecule has 5 fully saturated rings. The third kappa shape index (κ3) is 4.36. The normalized spacial score (nSPS) is 37.4. The lowest BCUT2D eigenvalue weighted by Crippen LogP contribution is -2.70. The summed E-state index contributed by atoms with van der Waals surface area (Å²) in [5.41, 5.74) is -0.983. The predicted molar refractivity (Wildman–Crippen MR) is 169 cm³/mol. The number of hydrogen-bond donors (Lipinski definition) is 0. The molecule has 1 aromatic carbocycles. The molecule has 17 heteroatoms. The van der Waals surface area contributed by atoms with E-state index in [0.717, 1.165) is 11.1 Å². The average molecular weight is 743 g/mol. The highest BCUT2D eigenvalue weighted by molar-refractivity contribution is 7.91. The van der Waals surface area contributed by atoms with Crippen LogP contribution in [0.15, 0.2) is 56.0 Å². The van der Waals surface area contributed by atoms with Crippen LogP contribution in [0.3, 0.4) is 0 Å². The molecule has 1 aromatic heterocycles. The van der Waals surface area contributed by atoms with E-state index in [0.29, 0.717) is 19.3 Å². The minimum Gasteiger partial charge on any atom is -0.466 e. The summed E-state index contributed by atoms with van der Waals surface area (Å²) in [4.78, 5) is 38.1. The van der Waals surface area contributed by atoms with Gasteiger partial charge >= 0.3 is 28.8 Å². The van der Waals surface area contributed by atoms with Crippen molar-refractivity contribution < 1.29 is 65.5 Å². The molecule has 4 aliphatic heterocycles. The van der Waals surface area contributed by atoms with E-state index in [1.165, 1.54) is 24.3 Å². The molecule has 16 nitrogen and oxygen atoms in total. The number of nitrogens with zero attached hydrogens (tertiary/aromatic N) is 2. The summed E-state index contributed by atoms with van der Waals surface area (Å²) in [6, 6.07) is 7.29. The van der Waals surface area contributed by atoms with Crippen LogP contribution in [0.4, 0.5) is 0 Å². The number of sulfone groups is 1. The lowest BCUT2D eigenvalue weighted by atomic mass is 9.46. The van der Waals surface area contributed by atoms with E-state index in [2.05, 4.69) is 16.7 Å². The Balaban J connectivity index is 0.813. The third-order valence-corrected chi connectivity index (χ3v) is 14.2. The molecule has 3 aliphatic carbocycles. The van der Waals surface area contributed by atoms with Gasteiger partial charge in [-0.1, -0.05) is 39.0 Å². The third-order valence-electron chi connectivity index (χ3n) is 12.5. The Bertz CT molecular complexity index is 2010. The van der Waals surface area contributed by atoms with Crippen LogP contribution < -0.4 is 9.64 Å². The fraction of sp³-hybridized carbons (Fsp3) is 0.629. The van der Waals surface area contributed by atoms with Crippen LogP contribution in [0.25, 0.3) is 0 Å². The number of cyclic esters (lactones) is 1. The molecule has 9 atom stereocenters. The maximum atomic E-state index is 13.4. The highest BCUT2D eigenvalue weighted by atomic mass is 32.2. The molecular formula is C35H38N2O14S. The van der Waals surface area contributed by atoms with E-state index in [1.54, 1.807) is 6.07 Å². The average Bonchev–Trinajstić information content (AvgIpc) is 4.06. The SMILES string of the molecule is CC(C)[C@]12O[C@H]1[C@@H]1O[C@]13[C@]1(O[C@H]1C[C@H]1C4=C(CC[C@@]13C)C(=O)OC4)[C@@H]2OC(=O)CCC(=O)OCCCOc1no[n+]([O-])c1S(=O)(=O)c1ccccc1. The number of carbonyl (C=O) groups is 3. The van der Waals surface area contributed by atoms with Crippen LogP contribution >= 0.6 is 0 Å². The molecule has 3 saturated heterocycles. The smallest absolute Gasteiger partial charge is 0.414 e. The van der Waals surface area contributed by atoms with Crippen LogP contribution in [-0.2, 0) is 52.6 Å². The summed E-state index contributed by atoms with van der Waals surface area (Å²) < 4.78 is 72.4. The molecular weight excluding hydrogens is 704 g/mol. The quantitative estimate of drug-likeness (QED) is 0.0999. The van der Waals surface area contributed by atoms with Crippen molar-refractivity contribution in [3.63, 3.8) is 0 Å². The first kappa shape index (κ1) is 33.8. The van der Waals surface area contributed by atoms with Gasteiger partial charge in [0.1, 0.15) is 30.0 Å². The van der Waals surface area contributed by atoms with Crippen molar-refractivity contribution in [1.82, 2.24) is 5.16 Å². The highest BCUT2D eigenvalue weighted by Crippen LogP contribution is 2.83. The Labute approximate surface area is 298 Å². The van der Waals surface area contributed by atoms with E-state index in [1.807, 2.05) is 13.8 Å². The van der Waals surface area contributed by atoms with Gasteiger partial charge in [-0.2, -0.15) is 0 Å². The van der Waals surface area contributed by atoms with Crippen molar-refractivity contribution in [2.45, 2.75) is 110 Å². The number of hydrogen-bond acceptors (Lipinski definition) is 15. The fourth-order valence-corrected chi connectivity index (χ4v) is 11.3. The van der Waals surface area contributed by atoms with Crippen molar-refractivity contribution in [2.75, 3.05) is 19.8 Å². The molecule has 0 radical (unpaired) electrons. The van der Waals surface area contributed by atoms with Crippen LogP contribution in [0, 0.1) is 22.5 Å². The Morgan fingerprint density at radius 2 is 1.85 bits per heavy atom. The van der Waals surface area contributed by atoms with Crippen LogP contribution in [0.1, 0.15) is 59.3 Å². The van der Waals surface area contributed by atoms with Gasteiger partial charge in [0, 0.05) is 17.4 Å². The Morgan fingerprint density at radius 1 is 1.08 bits per heavy atom. The van der Waals surface area contributed by atoms with E-state index in [9.17, 15) is 28.0 Å². The first-order valence-corrected chi connectivity index (χ1v) is 19.1. The molecule has 5 heterocycles. The second kappa shape index (κ2) is 11.2. The molecule has 0 amide bonds. The monoisotopic (exact) mass is 742 g/mol. The number of benzene rings is 1. The van der Waals surface area contributed by atoms with Crippen molar-refractivity contribution in [3.05, 3.63) is 46.7 Å².